The van der Waals surface area contributed by atoms with Crippen molar-refractivity contribution in [1.82, 2.24) is 0 Å². The summed E-state index contributed by atoms with van der Waals surface area (Å²) in [6.45, 7) is 3.93. The molecule has 1 aromatic carbocycles. The van der Waals surface area contributed by atoms with Gasteiger partial charge in [-0.1, -0.05) is 11.6 Å². The van der Waals surface area contributed by atoms with Gasteiger partial charge in [-0.25, -0.2) is 0 Å². The molecule has 0 N–H and O–H groups in total. The van der Waals surface area contributed by atoms with Crippen LogP contribution in [0.4, 0.5) is 0 Å². The molecule has 0 atom stereocenters. The van der Waals surface area contributed by atoms with Crippen LogP contribution in [0.3, 0.4) is 0 Å². The fourth-order valence-corrected chi connectivity index (χ4v) is 2.26. The smallest absolute Gasteiger partial charge is 0.315 e. The molecule has 0 amide bonds. The second-order valence-electron chi connectivity index (χ2n) is 3.23. The molecule has 0 bridgehead atoms. The standard InChI is InChI=1S/C11H13ClO2S/c1-7-5-10(8(2)4-9(7)12)15-6-11(13)14-3/h4-5H,6H2,1-3H3. The molecular weight excluding hydrogens is 232 g/mol. The molecule has 0 saturated carbocycles. The van der Waals surface area contributed by atoms with Crippen molar-refractivity contribution in [2.75, 3.05) is 12.9 Å². The monoisotopic (exact) mass is 244 g/mol. The van der Waals surface area contributed by atoms with Crippen molar-refractivity contribution in [2.45, 2.75) is 18.7 Å². The van der Waals surface area contributed by atoms with Gasteiger partial charge in [0.15, 0.2) is 0 Å². The highest BCUT2D eigenvalue weighted by Crippen LogP contribution is 2.27. The Morgan fingerprint density at radius 2 is 2.07 bits per heavy atom. The second-order valence-corrected chi connectivity index (χ2v) is 4.66. The minimum atomic E-state index is -0.216. The summed E-state index contributed by atoms with van der Waals surface area (Å²) in [5, 5.41) is 0.759. The Morgan fingerprint density at radius 1 is 1.40 bits per heavy atom. The molecule has 0 saturated heterocycles. The molecule has 1 aromatic rings. The van der Waals surface area contributed by atoms with E-state index >= 15 is 0 Å². The number of hydrogen-bond acceptors (Lipinski definition) is 3. The van der Waals surface area contributed by atoms with Crippen LogP contribution >= 0.6 is 23.4 Å². The lowest BCUT2D eigenvalue weighted by Crippen LogP contribution is -2.03. The van der Waals surface area contributed by atoms with E-state index in [1.54, 1.807) is 0 Å². The van der Waals surface area contributed by atoms with Crippen LogP contribution < -0.4 is 0 Å². The first-order chi connectivity index (χ1) is 7.04. The number of aryl methyl sites for hydroxylation is 2. The lowest BCUT2D eigenvalue weighted by Gasteiger charge is -2.07. The van der Waals surface area contributed by atoms with Gasteiger partial charge in [-0.3, -0.25) is 4.79 Å². The number of halogens is 1. The Kier molecular flexibility index (Phi) is 4.48. The van der Waals surface area contributed by atoms with E-state index in [9.17, 15) is 4.79 Å². The minimum absolute atomic E-state index is 0.216. The molecule has 15 heavy (non-hydrogen) atoms. The second kappa shape index (κ2) is 5.42. The molecule has 0 spiro atoms. The number of methoxy groups -OCH3 is 1. The maximum absolute atomic E-state index is 11.0. The highest BCUT2D eigenvalue weighted by molar-refractivity contribution is 8.00. The van der Waals surface area contributed by atoms with Gasteiger partial charge in [0.1, 0.15) is 0 Å². The molecule has 2 nitrogen and oxygen atoms in total. The van der Waals surface area contributed by atoms with Crippen LogP contribution in [-0.2, 0) is 9.53 Å². The van der Waals surface area contributed by atoms with Crippen molar-refractivity contribution in [1.29, 1.82) is 0 Å². The lowest BCUT2D eigenvalue weighted by atomic mass is 10.2. The van der Waals surface area contributed by atoms with E-state index in [0.717, 1.165) is 21.0 Å². The van der Waals surface area contributed by atoms with Gasteiger partial charge in [0.05, 0.1) is 12.9 Å². The number of hydrogen-bond donors (Lipinski definition) is 0. The molecular formula is C11H13ClO2S. The zero-order valence-electron chi connectivity index (χ0n) is 8.96. The quantitative estimate of drug-likeness (QED) is 0.603. The predicted octanol–water partition coefficient (Wildman–Crippen LogP) is 3.22. The number of benzene rings is 1. The van der Waals surface area contributed by atoms with Crippen molar-refractivity contribution >= 4 is 29.3 Å². The Morgan fingerprint density at radius 3 is 2.67 bits per heavy atom. The maximum atomic E-state index is 11.0. The Balaban J connectivity index is 2.77. The molecule has 1 rings (SSSR count). The van der Waals surface area contributed by atoms with Gasteiger partial charge < -0.3 is 4.74 Å². The average molecular weight is 245 g/mol. The van der Waals surface area contributed by atoms with E-state index in [0.29, 0.717) is 5.75 Å². The van der Waals surface area contributed by atoms with Crippen molar-refractivity contribution in [3.63, 3.8) is 0 Å². The first kappa shape index (κ1) is 12.4. The predicted molar refractivity (Wildman–Crippen MR) is 63.7 cm³/mol. The molecule has 0 aliphatic carbocycles. The van der Waals surface area contributed by atoms with Crippen LogP contribution in [0.1, 0.15) is 11.1 Å². The largest absolute Gasteiger partial charge is 0.468 e. The van der Waals surface area contributed by atoms with Gasteiger partial charge in [0.2, 0.25) is 0 Å². The van der Waals surface area contributed by atoms with Gasteiger partial charge in [0.25, 0.3) is 0 Å². The molecule has 82 valence electrons. The Hall–Kier alpha value is -0.670. The summed E-state index contributed by atoms with van der Waals surface area (Å²) in [6, 6.07) is 3.90. The van der Waals surface area contributed by atoms with E-state index in [1.165, 1.54) is 18.9 Å². The SMILES string of the molecule is COC(=O)CSc1cc(C)c(Cl)cc1C. The summed E-state index contributed by atoms with van der Waals surface area (Å²) in [7, 11) is 1.39. The number of ether oxygens (including phenoxy) is 1. The van der Waals surface area contributed by atoms with Gasteiger partial charge in [-0.05, 0) is 37.1 Å². The summed E-state index contributed by atoms with van der Waals surface area (Å²) >= 11 is 7.44. The highest BCUT2D eigenvalue weighted by Gasteiger charge is 2.06. The normalized spacial score (nSPS) is 10.1. The number of esters is 1. The van der Waals surface area contributed by atoms with Crippen molar-refractivity contribution in [3.8, 4) is 0 Å². The third-order valence-corrected chi connectivity index (χ3v) is 3.57. The summed E-state index contributed by atoms with van der Waals surface area (Å²) in [5.74, 6) is 0.116. The molecule has 0 aliphatic heterocycles. The summed E-state index contributed by atoms with van der Waals surface area (Å²) in [4.78, 5) is 12.1. The summed E-state index contributed by atoms with van der Waals surface area (Å²) in [6.07, 6.45) is 0. The van der Waals surface area contributed by atoms with Gasteiger partial charge in [-0.2, -0.15) is 0 Å². The number of thioether (sulfide) groups is 1. The molecule has 0 aliphatic rings. The highest BCUT2D eigenvalue weighted by atomic mass is 35.5. The molecule has 4 heteroatoms. The van der Waals surface area contributed by atoms with Crippen LogP contribution in [-0.4, -0.2) is 18.8 Å². The van der Waals surface area contributed by atoms with Crippen LogP contribution in [0.5, 0.6) is 0 Å². The van der Waals surface area contributed by atoms with Crippen molar-refractivity contribution < 1.29 is 9.53 Å². The van der Waals surface area contributed by atoms with Crippen LogP contribution in [0.15, 0.2) is 17.0 Å². The maximum Gasteiger partial charge on any atom is 0.315 e. The number of carbonyl (C=O) groups is 1. The Labute approximate surface area is 99.0 Å². The summed E-state index contributed by atoms with van der Waals surface area (Å²) < 4.78 is 4.58. The van der Waals surface area contributed by atoms with Gasteiger partial charge in [0, 0.05) is 9.92 Å². The third-order valence-electron chi connectivity index (χ3n) is 2.03. The topological polar surface area (TPSA) is 26.3 Å². The molecule has 0 unspecified atom stereocenters. The average Bonchev–Trinajstić information content (AvgIpc) is 2.21. The molecule has 0 fully saturated rings. The first-order valence-electron chi connectivity index (χ1n) is 4.51. The fourth-order valence-electron chi connectivity index (χ4n) is 1.11. The van der Waals surface area contributed by atoms with Gasteiger partial charge >= 0.3 is 5.97 Å². The molecule has 0 aromatic heterocycles. The molecule has 0 heterocycles. The van der Waals surface area contributed by atoms with E-state index in [1.807, 2.05) is 26.0 Å². The van der Waals surface area contributed by atoms with Crippen molar-refractivity contribution in [2.24, 2.45) is 0 Å². The third kappa shape index (κ3) is 3.43. The molecule has 0 radical (unpaired) electrons. The fraction of sp³-hybridized carbons (Fsp3) is 0.364. The van der Waals surface area contributed by atoms with Crippen LogP contribution in [0.25, 0.3) is 0 Å². The lowest BCUT2D eigenvalue weighted by molar-refractivity contribution is -0.137. The van der Waals surface area contributed by atoms with E-state index in [-0.39, 0.29) is 5.97 Å². The zero-order valence-corrected chi connectivity index (χ0v) is 10.5. The minimum Gasteiger partial charge on any atom is -0.468 e. The number of carbonyl (C=O) groups excluding carboxylic acids is 1. The summed E-state index contributed by atoms with van der Waals surface area (Å²) in [5.41, 5.74) is 2.11. The van der Waals surface area contributed by atoms with Gasteiger partial charge in [-0.15, -0.1) is 11.8 Å². The Bertz CT molecular complexity index is 377. The number of rotatable bonds is 3. The van der Waals surface area contributed by atoms with Crippen LogP contribution in [0, 0.1) is 13.8 Å². The van der Waals surface area contributed by atoms with E-state index < -0.39 is 0 Å². The first-order valence-corrected chi connectivity index (χ1v) is 5.87. The zero-order chi connectivity index (χ0) is 11.4. The van der Waals surface area contributed by atoms with Crippen LogP contribution in [0.2, 0.25) is 5.02 Å². The van der Waals surface area contributed by atoms with E-state index in [2.05, 4.69) is 4.74 Å². The van der Waals surface area contributed by atoms with E-state index in [4.69, 9.17) is 11.6 Å². The van der Waals surface area contributed by atoms with Crippen molar-refractivity contribution in [3.05, 3.63) is 28.3 Å².